The topological polar surface area (TPSA) is 17.1 Å². The van der Waals surface area contributed by atoms with Gasteiger partial charge in [-0.25, -0.2) is 0 Å². The van der Waals surface area contributed by atoms with Crippen molar-refractivity contribution in [3.05, 3.63) is 0 Å². The number of hydrogen-bond acceptors (Lipinski definition) is 1. The van der Waals surface area contributed by atoms with Gasteiger partial charge in [-0.05, 0) is 0 Å². The predicted molar refractivity (Wildman–Crippen MR) is 0.686 cm³/mol. The Balaban J connectivity index is -0.00000000500. The fourth-order valence-corrected chi connectivity index (χ4v) is 0. The van der Waals surface area contributed by atoms with Gasteiger partial charge < -0.3 is 0 Å². The van der Waals surface area contributed by atoms with Gasteiger partial charge in [-0.1, -0.05) is 0 Å². The molecule has 0 rings (SSSR count). The van der Waals surface area contributed by atoms with Crippen LogP contribution in [0, 0.1) is 35.6 Å². The van der Waals surface area contributed by atoms with E-state index in [1.807, 2.05) is 0 Å². The summed E-state index contributed by atoms with van der Waals surface area (Å²) in [5.41, 5.74) is 0. The number of hydrogen-bond donors (Lipinski definition) is 0. The fourth-order valence-electron chi connectivity index (χ4n) is 0. The van der Waals surface area contributed by atoms with Crippen molar-refractivity contribution in [1.82, 2.24) is 0 Å². The Morgan fingerprint density at radius 3 is 1.25 bits per heavy atom. The van der Waals surface area contributed by atoms with Gasteiger partial charge in [-0.2, -0.15) is 0 Å². The van der Waals surface area contributed by atoms with Gasteiger partial charge in [0.25, 0.3) is 0 Å². The zero-order valence-electron chi connectivity index (χ0n) is 1.64. The second-order valence-electron chi connectivity index (χ2n) is 0. The van der Waals surface area contributed by atoms with Crippen LogP contribution >= 0.6 is 0 Å². The molecule has 0 aromatic heterocycles. The van der Waals surface area contributed by atoms with Gasteiger partial charge in [0.2, 0.25) is 0 Å². The van der Waals surface area contributed by atoms with Gasteiger partial charge in [0, 0.05) is 52.1 Å². The molecule has 1 nitrogen and oxygen atoms in total. The zero-order chi connectivity index (χ0) is 2.00. The van der Waals surface area contributed by atoms with Crippen molar-refractivity contribution in [3.63, 3.8) is 0 Å². The molecular formula is CoLaNiO. The molecule has 0 aliphatic heterocycles. The second-order valence-corrected chi connectivity index (χ2v) is 0. The van der Waals surface area contributed by atoms with Gasteiger partial charge in [-0.3, -0.25) is 0 Å². The van der Waals surface area contributed by atoms with Gasteiger partial charge in [-0.15, -0.1) is 0 Å². The van der Waals surface area contributed by atoms with Crippen LogP contribution < -0.4 is 0 Å². The Morgan fingerprint density at radius 2 is 1.25 bits per heavy atom. The molecule has 0 heterocycles. The molecule has 0 saturated heterocycles. The van der Waals surface area contributed by atoms with E-state index in [4.69, 9.17) is 3.87 Å². The second kappa shape index (κ2) is 20.0. The maximum atomic E-state index is 7.94. The molecule has 0 N–H and O–H groups in total. The molecule has 0 aliphatic rings. The molecule has 0 bridgehead atoms. The first kappa shape index (κ1) is 16.7. The van der Waals surface area contributed by atoms with Gasteiger partial charge in [0.15, 0.2) is 0 Å². The minimum absolute atomic E-state index is 0. The summed E-state index contributed by atoms with van der Waals surface area (Å²) in [4.78, 5) is 0. The Bertz CT molecular complexity index is 8.00. The Hall–Kier alpha value is 1.99. The van der Waals surface area contributed by atoms with E-state index in [1.54, 1.807) is 0 Å². The summed E-state index contributed by atoms with van der Waals surface area (Å²) in [6.07, 6.45) is 0. The van der Waals surface area contributed by atoms with Crippen molar-refractivity contribution in [2.24, 2.45) is 0 Å². The third-order valence-electron chi connectivity index (χ3n) is 0. The van der Waals surface area contributed by atoms with E-state index >= 15 is 0 Å². The average Bonchev–Trinajstić information content (AvgIpc) is 1.00. The standard InChI is InChI=1S/Co.La.Ni.O. The molecule has 0 saturated carbocycles. The van der Waals surface area contributed by atoms with Crippen LogP contribution in [0.15, 0.2) is 0 Å². The summed E-state index contributed by atoms with van der Waals surface area (Å²) in [5.74, 6) is 0. The van der Waals surface area contributed by atoms with Crippen LogP contribution in [-0.2, 0) is 36.0 Å². The molecule has 1 radical (unpaired) electrons. The van der Waals surface area contributed by atoms with E-state index < -0.39 is 0 Å². The molecule has 4 heavy (non-hydrogen) atoms. The van der Waals surface area contributed by atoms with Crippen LogP contribution in [0.25, 0.3) is 0 Å². The van der Waals surface area contributed by atoms with Crippen molar-refractivity contribution < 1.29 is 71.6 Å². The molecule has 0 spiro atoms. The molecule has 0 fully saturated rings. The predicted octanol–water partition coefficient (Wildman–Crippen LogP) is -0.124. The van der Waals surface area contributed by atoms with Crippen molar-refractivity contribution in [1.29, 1.82) is 0 Å². The first-order valence-corrected chi connectivity index (χ1v) is 0.561. The summed E-state index contributed by atoms with van der Waals surface area (Å²) < 4.78 is 7.94. The third-order valence-corrected chi connectivity index (χ3v) is 0. The summed E-state index contributed by atoms with van der Waals surface area (Å²) in [5, 5.41) is 0. The molecule has 4 heteroatoms. The summed E-state index contributed by atoms with van der Waals surface area (Å²) in [7, 11) is 0. The number of rotatable bonds is 0. The average molecular weight is 273 g/mol. The molecule has 0 atom stereocenters. The van der Waals surface area contributed by atoms with Gasteiger partial charge in [0.1, 0.15) is 0 Å². The zero-order valence-corrected chi connectivity index (χ0v) is 7.29. The normalized spacial score (nSPS) is 1.25. The van der Waals surface area contributed by atoms with Crippen LogP contribution in [0.5, 0.6) is 0 Å². The summed E-state index contributed by atoms with van der Waals surface area (Å²) in [6, 6.07) is 0. The van der Waals surface area contributed by atoms with Crippen molar-refractivity contribution in [2.45, 2.75) is 0 Å². The SMILES string of the molecule is [La].[Ni].[O]=[Co]. The van der Waals surface area contributed by atoms with E-state index in [0.29, 0.717) is 0 Å². The van der Waals surface area contributed by atoms with Crippen LogP contribution in [0.2, 0.25) is 0 Å². The Labute approximate surface area is 70.6 Å². The van der Waals surface area contributed by atoms with Crippen LogP contribution in [0.4, 0.5) is 0 Å². The molecule has 0 unspecified atom stereocenters. The van der Waals surface area contributed by atoms with E-state index in [2.05, 4.69) is 15.7 Å². The molecule has 0 amide bonds. The fraction of sp³-hybridized carbons (Fsp3) is 0. The van der Waals surface area contributed by atoms with Crippen molar-refractivity contribution >= 4 is 0 Å². The minimum atomic E-state index is 0. The Kier molecular flexibility index (Phi) is 83.5. The van der Waals surface area contributed by atoms with Crippen LogP contribution in [-0.4, -0.2) is 0 Å². The van der Waals surface area contributed by atoms with E-state index in [9.17, 15) is 0 Å². The first-order chi connectivity index (χ1) is 1.00. The molecule has 0 aliphatic carbocycles. The first-order valence-electron chi connectivity index (χ1n) is 0.136. The van der Waals surface area contributed by atoms with E-state index in [0.717, 1.165) is 0 Å². The van der Waals surface area contributed by atoms with Crippen molar-refractivity contribution in [2.75, 3.05) is 0 Å². The summed E-state index contributed by atoms with van der Waals surface area (Å²) in [6.45, 7) is 0. The van der Waals surface area contributed by atoms with E-state index in [1.165, 1.54) is 0 Å². The maximum absolute atomic E-state index is 7.94. The molecule has 0 aromatic carbocycles. The van der Waals surface area contributed by atoms with Crippen molar-refractivity contribution in [3.8, 4) is 0 Å². The molecular weight excluding hydrogens is 273 g/mol. The third kappa shape index (κ3) is 9.00. The monoisotopic (exact) mass is 272 g/mol. The molecule has 28 valence electrons. The summed E-state index contributed by atoms with van der Waals surface area (Å²) >= 11 is 2.31. The molecule has 0 aromatic rings. The Morgan fingerprint density at radius 1 is 1.25 bits per heavy atom. The van der Waals surface area contributed by atoms with Gasteiger partial charge >= 0.3 is 19.5 Å². The quantitative estimate of drug-likeness (QED) is 0.562. The van der Waals surface area contributed by atoms with Crippen LogP contribution in [0.1, 0.15) is 0 Å². The van der Waals surface area contributed by atoms with Gasteiger partial charge in [0.05, 0.1) is 0 Å². The van der Waals surface area contributed by atoms with Crippen LogP contribution in [0.3, 0.4) is 0 Å². The van der Waals surface area contributed by atoms with E-state index in [-0.39, 0.29) is 52.1 Å².